The molecule has 0 saturated heterocycles. The van der Waals surface area contributed by atoms with Crippen LogP contribution in [0.25, 0.3) is 6.08 Å². The van der Waals surface area contributed by atoms with Gasteiger partial charge in [0.1, 0.15) is 11.9 Å². The largest absolute Gasteiger partial charge is 0.493 e. The first-order chi connectivity index (χ1) is 16.9. The number of esters is 1. The van der Waals surface area contributed by atoms with E-state index in [0.29, 0.717) is 44.3 Å². The number of rotatable bonds is 7. The standard InChI is InChI=1S/C26H25FN2O5S/c1-5-33-23-18(8-7-9-19(23)32-4)22-21(25(31)34-6-2)15(3)28-26-29(22)24(30)20(35-26)14-16-10-12-17(27)13-11-16/h7-14,22H,5-6H2,1-4H3. The zero-order valence-electron chi connectivity index (χ0n) is 19.8. The van der Waals surface area contributed by atoms with E-state index in [1.807, 2.05) is 6.92 Å². The predicted molar refractivity (Wildman–Crippen MR) is 131 cm³/mol. The summed E-state index contributed by atoms with van der Waals surface area (Å²) in [4.78, 5) is 31.8. The summed E-state index contributed by atoms with van der Waals surface area (Å²) in [5, 5.41) is 0. The van der Waals surface area contributed by atoms with Crippen molar-refractivity contribution in [3.05, 3.63) is 90.4 Å². The van der Waals surface area contributed by atoms with E-state index in [-0.39, 0.29) is 23.6 Å². The third-order valence-corrected chi connectivity index (χ3v) is 6.48. The monoisotopic (exact) mass is 496 g/mol. The molecule has 3 aromatic rings. The van der Waals surface area contributed by atoms with E-state index >= 15 is 0 Å². The zero-order chi connectivity index (χ0) is 25.1. The fourth-order valence-electron chi connectivity index (χ4n) is 4.00. The average molecular weight is 497 g/mol. The molecule has 182 valence electrons. The Morgan fingerprint density at radius 2 is 1.91 bits per heavy atom. The SMILES string of the molecule is CCOC(=O)C1=C(C)N=c2sc(=Cc3ccc(F)cc3)c(=O)n2C1c1cccc(OC)c1OCC. The minimum Gasteiger partial charge on any atom is -0.493 e. The Kier molecular flexibility index (Phi) is 7.16. The highest BCUT2D eigenvalue weighted by Crippen LogP contribution is 2.40. The van der Waals surface area contributed by atoms with Crippen LogP contribution in [-0.4, -0.2) is 30.9 Å². The van der Waals surface area contributed by atoms with Crippen molar-refractivity contribution in [1.29, 1.82) is 0 Å². The minimum atomic E-state index is -0.836. The number of hydrogen-bond donors (Lipinski definition) is 0. The molecule has 1 aliphatic rings. The lowest BCUT2D eigenvalue weighted by molar-refractivity contribution is -0.139. The van der Waals surface area contributed by atoms with Crippen molar-refractivity contribution in [3.8, 4) is 11.5 Å². The Labute approximate surface area is 205 Å². The van der Waals surface area contributed by atoms with Gasteiger partial charge in [-0.05, 0) is 50.6 Å². The number of thiazole rings is 1. The van der Waals surface area contributed by atoms with Crippen LogP contribution < -0.4 is 24.4 Å². The van der Waals surface area contributed by atoms with E-state index in [1.54, 1.807) is 50.3 Å². The normalized spacial score (nSPS) is 15.5. The van der Waals surface area contributed by atoms with Gasteiger partial charge in [-0.3, -0.25) is 9.36 Å². The number of carbonyl (C=O) groups is 1. The molecule has 0 radical (unpaired) electrons. The molecule has 1 aliphatic heterocycles. The number of nitrogens with zero attached hydrogens (tertiary/aromatic N) is 2. The Bertz CT molecular complexity index is 1470. The first-order valence-electron chi connectivity index (χ1n) is 11.1. The van der Waals surface area contributed by atoms with Gasteiger partial charge in [0.15, 0.2) is 16.3 Å². The summed E-state index contributed by atoms with van der Waals surface area (Å²) < 4.78 is 32.0. The third kappa shape index (κ3) is 4.64. The lowest BCUT2D eigenvalue weighted by Gasteiger charge is -2.26. The van der Waals surface area contributed by atoms with Gasteiger partial charge in [0.2, 0.25) is 0 Å². The maximum atomic E-state index is 13.7. The second-order valence-corrected chi connectivity index (χ2v) is 8.67. The lowest BCUT2D eigenvalue weighted by atomic mass is 9.94. The fraction of sp³-hybridized carbons (Fsp3) is 0.269. The summed E-state index contributed by atoms with van der Waals surface area (Å²) in [5.41, 5.74) is 1.63. The summed E-state index contributed by atoms with van der Waals surface area (Å²) in [5.74, 6) is -0.000567. The van der Waals surface area contributed by atoms with E-state index in [0.717, 1.165) is 0 Å². The van der Waals surface area contributed by atoms with Crippen molar-refractivity contribution < 1.29 is 23.4 Å². The number of benzene rings is 2. The van der Waals surface area contributed by atoms with Crippen LogP contribution in [0.3, 0.4) is 0 Å². The molecule has 0 fully saturated rings. The molecule has 4 rings (SSSR count). The number of methoxy groups -OCH3 is 1. The molecule has 0 N–H and O–H groups in total. The average Bonchev–Trinajstić information content (AvgIpc) is 3.14. The van der Waals surface area contributed by atoms with Crippen LogP contribution in [0.4, 0.5) is 4.39 Å². The second-order valence-electron chi connectivity index (χ2n) is 7.67. The lowest BCUT2D eigenvalue weighted by Crippen LogP contribution is -2.40. The number of hydrogen-bond acceptors (Lipinski definition) is 7. The Morgan fingerprint density at radius 1 is 1.17 bits per heavy atom. The molecule has 0 amide bonds. The van der Waals surface area contributed by atoms with Crippen LogP contribution in [0.5, 0.6) is 11.5 Å². The van der Waals surface area contributed by atoms with Gasteiger partial charge in [-0.1, -0.05) is 35.6 Å². The summed E-state index contributed by atoms with van der Waals surface area (Å²) in [6, 6.07) is 10.4. The molecule has 1 unspecified atom stereocenters. The smallest absolute Gasteiger partial charge is 0.338 e. The van der Waals surface area contributed by atoms with Crippen molar-refractivity contribution in [1.82, 2.24) is 4.57 Å². The zero-order valence-corrected chi connectivity index (χ0v) is 20.6. The molecule has 0 bridgehead atoms. The molecule has 1 aromatic heterocycles. The molecular formula is C26H25FN2O5S. The van der Waals surface area contributed by atoms with Crippen molar-refractivity contribution in [2.75, 3.05) is 20.3 Å². The molecule has 2 heterocycles. The predicted octanol–water partition coefficient (Wildman–Crippen LogP) is 3.34. The summed E-state index contributed by atoms with van der Waals surface area (Å²) in [7, 11) is 1.53. The molecule has 0 spiro atoms. The number of aromatic nitrogens is 1. The number of carbonyl (C=O) groups excluding carboxylic acids is 1. The first kappa shape index (κ1) is 24.4. The van der Waals surface area contributed by atoms with E-state index in [4.69, 9.17) is 14.2 Å². The van der Waals surface area contributed by atoms with Gasteiger partial charge in [-0.2, -0.15) is 0 Å². The van der Waals surface area contributed by atoms with Gasteiger partial charge >= 0.3 is 5.97 Å². The molecule has 0 aliphatic carbocycles. The molecular weight excluding hydrogens is 471 g/mol. The van der Waals surface area contributed by atoms with E-state index in [9.17, 15) is 14.0 Å². The molecule has 1 atom stereocenters. The number of allylic oxidation sites excluding steroid dienone is 1. The first-order valence-corrected chi connectivity index (χ1v) is 12.0. The van der Waals surface area contributed by atoms with Gasteiger partial charge in [0, 0.05) is 5.56 Å². The topological polar surface area (TPSA) is 79.1 Å². The number of halogens is 1. The maximum Gasteiger partial charge on any atom is 0.338 e. The Hall–Kier alpha value is -3.72. The van der Waals surface area contributed by atoms with E-state index in [1.165, 1.54) is 35.1 Å². The molecule has 2 aromatic carbocycles. The van der Waals surface area contributed by atoms with Gasteiger partial charge in [-0.15, -0.1) is 0 Å². The fourth-order valence-corrected chi connectivity index (χ4v) is 5.05. The Balaban J connectivity index is 2.01. The van der Waals surface area contributed by atoms with Crippen molar-refractivity contribution in [2.24, 2.45) is 4.99 Å². The summed E-state index contributed by atoms with van der Waals surface area (Å²) >= 11 is 1.20. The highest BCUT2D eigenvalue weighted by Gasteiger charge is 2.35. The van der Waals surface area contributed by atoms with Gasteiger partial charge in [0.05, 0.1) is 36.1 Å². The number of fused-ring (bicyclic) bond motifs is 1. The van der Waals surface area contributed by atoms with Crippen LogP contribution in [0.2, 0.25) is 0 Å². The molecule has 9 heteroatoms. The van der Waals surface area contributed by atoms with Gasteiger partial charge in [-0.25, -0.2) is 14.2 Å². The van der Waals surface area contributed by atoms with Crippen LogP contribution in [0.15, 0.2) is 63.5 Å². The third-order valence-electron chi connectivity index (χ3n) is 5.50. The van der Waals surface area contributed by atoms with Crippen molar-refractivity contribution in [2.45, 2.75) is 26.8 Å². The number of ether oxygens (including phenoxy) is 3. The van der Waals surface area contributed by atoms with Crippen LogP contribution >= 0.6 is 11.3 Å². The van der Waals surface area contributed by atoms with E-state index < -0.39 is 12.0 Å². The van der Waals surface area contributed by atoms with E-state index in [2.05, 4.69) is 4.99 Å². The minimum absolute atomic E-state index is 0.174. The summed E-state index contributed by atoms with van der Waals surface area (Å²) in [6.07, 6.45) is 1.68. The van der Waals surface area contributed by atoms with Crippen molar-refractivity contribution in [3.63, 3.8) is 0 Å². The summed E-state index contributed by atoms with van der Waals surface area (Å²) in [6.45, 7) is 5.82. The number of para-hydroxylation sites is 1. The molecule has 35 heavy (non-hydrogen) atoms. The van der Waals surface area contributed by atoms with Gasteiger partial charge in [0.25, 0.3) is 5.56 Å². The highest BCUT2D eigenvalue weighted by atomic mass is 32.1. The maximum absolute atomic E-state index is 13.7. The van der Waals surface area contributed by atoms with Crippen LogP contribution in [0, 0.1) is 5.82 Å². The Morgan fingerprint density at radius 3 is 2.57 bits per heavy atom. The van der Waals surface area contributed by atoms with Crippen LogP contribution in [0.1, 0.15) is 37.9 Å². The quantitative estimate of drug-likeness (QED) is 0.469. The van der Waals surface area contributed by atoms with Gasteiger partial charge < -0.3 is 14.2 Å². The molecule has 7 nitrogen and oxygen atoms in total. The second kappa shape index (κ2) is 10.3. The van der Waals surface area contributed by atoms with Crippen LogP contribution in [-0.2, 0) is 9.53 Å². The highest BCUT2D eigenvalue weighted by molar-refractivity contribution is 7.07. The van der Waals surface area contributed by atoms with Crippen molar-refractivity contribution >= 4 is 23.4 Å². The molecule has 0 saturated carbocycles.